The van der Waals surface area contributed by atoms with Gasteiger partial charge in [-0.2, -0.15) is 0 Å². The molecule has 3 rings (SSSR count). The fourth-order valence-electron chi connectivity index (χ4n) is 2.46. The van der Waals surface area contributed by atoms with Gasteiger partial charge in [-0.15, -0.1) is 0 Å². The second-order valence-corrected chi connectivity index (χ2v) is 7.36. The van der Waals surface area contributed by atoms with E-state index in [-0.39, 0.29) is 5.75 Å². The summed E-state index contributed by atoms with van der Waals surface area (Å²) >= 11 is 6.02. The van der Waals surface area contributed by atoms with Gasteiger partial charge in [-0.05, 0) is 48.2 Å². The molecule has 1 N–H and O–H groups in total. The molecule has 0 aromatic heterocycles. The summed E-state index contributed by atoms with van der Waals surface area (Å²) in [6.45, 7) is 0.713. The van der Waals surface area contributed by atoms with Crippen molar-refractivity contribution in [2.45, 2.75) is 18.6 Å². The maximum atomic E-state index is 12.3. The molecule has 2 aromatic carbocycles. The summed E-state index contributed by atoms with van der Waals surface area (Å²) in [6.07, 6.45) is 1.85. The van der Waals surface area contributed by atoms with Crippen LogP contribution >= 0.6 is 11.6 Å². The molecule has 0 unspecified atom stereocenters. The van der Waals surface area contributed by atoms with Crippen LogP contribution in [0.25, 0.3) is 0 Å². The fourth-order valence-corrected chi connectivity index (χ4v) is 3.96. The smallest absolute Gasteiger partial charge is 0.236 e. The number of halogens is 1. The van der Waals surface area contributed by atoms with Crippen molar-refractivity contribution in [2.24, 2.45) is 0 Å². The Kier molecular flexibility index (Phi) is 4.27. The molecule has 1 aliphatic heterocycles. The number of nitrogens with one attached hydrogen (secondary N) is 1. The molecule has 0 atom stereocenters. The van der Waals surface area contributed by atoms with Crippen LogP contribution in [-0.2, 0) is 22.2 Å². The van der Waals surface area contributed by atoms with Gasteiger partial charge in [0, 0.05) is 10.7 Å². The number of sulfonamides is 1. The highest BCUT2D eigenvalue weighted by molar-refractivity contribution is 7.91. The van der Waals surface area contributed by atoms with Crippen LogP contribution in [0.1, 0.15) is 17.5 Å². The average molecular weight is 338 g/mol. The first kappa shape index (κ1) is 15.2. The van der Waals surface area contributed by atoms with Crippen LogP contribution in [0.3, 0.4) is 0 Å². The monoisotopic (exact) mass is 337 g/mol. The highest BCUT2D eigenvalue weighted by Gasteiger charge is 2.16. The largest absolute Gasteiger partial charge is 0.493 e. The van der Waals surface area contributed by atoms with Gasteiger partial charge in [-0.1, -0.05) is 29.8 Å². The Morgan fingerprint density at radius 1 is 1.18 bits per heavy atom. The number of hydrogen-bond donors (Lipinski definition) is 1. The number of anilines is 1. The Bertz CT molecular complexity index is 790. The molecule has 6 heteroatoms. The second kappa shape index (κ2) is 6.18. The highest BCUT2D eigenvalue weighted by atomic mass is 35.5. The molecular weight excluding hydrogens is 322 g/mol. The molecule has 0 fully saturated rings. The number of ether oxygens (including phenoxy) is 1. The normalized spacial score (nSPS) is 14.0. The maximum absolute atomic E-state index is 12.3. The van der Waals surface area contributed by atoms with Crippen LogP contribution in [-0.4, -0.2) is 15.0 Å². The zero-order valence-electron chi connectivity index (χ0n) is 11.9. The Labute approximate surface area is 135 Å². The van der Waals surface area contributed by atoms with Gasteiger partial charge in [0.1, 0.15) is 5.75 Å². The summed E-state index contributed by atoms with van der Waals surface area (Å²) < 4.78 is 32.7. The first-order valence-corrected chi connectivity index (χ1v) is 9.06. The maximum Gasteiger partial charge on any atom is 0.236 e. The third-order valence-electron chi connectivity index (χ3n) is 3.49. The lowest BCUT2D eigenvalue weighted by molar-refractivity contribution is 0.288. The van der Waals surface area contributed by atoms with Crippen LogP contribution in [0.15, 0.2) is 42.5 Å². The average Bonchev–Trinajstić information content (AvgIpc) is 2.49. The summed E-state index contributed by atoms with van der Waals surface area (Å²) in [6, 6.07) is 12.3. The standard InChI is InChI=1S/C16H16ClNO3S/c17-15-6-2-1-4-13(15)11-22(19,20)18-14-7-8-16-12(10-14)5-3-9-21-16/h1-2,4,6-8,10,18H,3,5,9,11H2. The van der Waals surface area contributed by atoms with Crippen LogP contribution in [0, 0.1) is 0 Å². The number of hydrogen-bond acceptors (Lipinski definition) is 3. The second-order valence-electron chi connectivity index (χ2n) is 5.23. The number of aryl methyl sites for hydroxylation is 1. The molecule has 1 heterocycles. The number of benzene rings is 2. The third kappa shape index (κ3) is 3.54. The Morgan fingerprint density at radius 3 is 2.82 bits per heavy atom. The van der Waals surface area contributed by atoms with Crippen molar-refractivity contribution in [3.8, 4) is 5.75 Å². The van der Waals surface area contributed by atoms with Crippen molar-refractivity contribution in [3.63, 3.8) is 0 Å². The van der Waals surface area contributed by atoms with Crippen molar-refractivity contribution >= 4 is 27.3 Å². The molecule has 22 heavy (non-hydrogen) atoms. The van der Waals surface area contributed by atoms with E-state index in [2.05, 4.69) is 4.72 Å². The predicted molar refractivity (Wildman–Crippen MR) is 88.0 cm³/mol. The molecular formula is C16H16ClNO3S. The van der Waals surface area contributed by atoms with Crippen LogP contribution in [0.5, 0.6) is 5.75 Å². The molecule has 0 spiro atoms. The quantitative estimate of drug-likeness (QED) is 0.927. The van der Waals surface area contributed by atoms with Crippen molar-refractivity contribution in [3.05, 3.63) is 58.6 Å². The van der Waals surface area contributed by atoms with Gasteiger partial charge in [-0.25, -0.2) is 8.42 Å². The van der Waals surface area contributed by atoms with Gasteiger partial charge in [0.2, 0.25) is 10.0 Å². The van der Waals surface area contributed by atoms with Crippen LogP contribution in [0.2, 0.25) is 5.02 Å². The van der Waals surface area contributed by atoms with E-state index < -0.39 is 10.0 Å². The van der Waals surface area contributed by atoms with Crippen LogP contribution < -0.4 is 9.46 Å². The van der Waals surface area contributed by atoms with E-state index in [1.165, 1.54) is 0 Å². The molecule has 4 nitrogen and oxygen atoms in total. The zero-order chi connectivity index (χ0) is 15.6. The van der Waals surface area contributed by atoms with Crippen LogP contribution in [0.4, 0.5) is 5.69 Å². The molecule has 2 aromatic rings. The van der Waals surface area contributed by atoms with E-state index >= 15 is 0 Å². The van der Waals surface area contributed by atoms with E-state index in [0.717, 1.165) is 24.2 Å². The molecule has 0 radical (unpaired) electrons. The van der Waals surface area contributed by atoms with Gasteiger partial charge in [0.05, 0.1) is 12.4 Å². The van der Waals surface area contributed by atoms with E-state index in [0.29, 0.717) is 22.9 Å². The lowest BCUT2D eigenvalue weighted by Gasteiger charge is -2.18. The van der Waals surface area contributed by atoms with Gasteiger partial charge in [0.15, 0.2) is 0 Å². The van der Waals surface area contributed by atoms with Crippen molar-refractivity contribution in [1.29, 1.82) is 0 Å². The summed E-state index contributed by atoms with van der Waals surface area (Å²) in [4.78, 5) is 0. The zero-order valence-corrected chi connectivity index (χ0v) is 13.5. The van der Waals surface area contributed by atoms with Gasteiger partial charge in [-0.3, -0.25) is 4.72 Å². The first-order valence-electron chi connectivity index (χ1n) is 7.03. The SMILES string of the molecule is O=S(=O)(Cc1ccccc1Cl)Nc1ccc2c(c1)CCCO2. The Hall–Kier alpha value is -1.72. The summed E-state index contributed by atoms with van der Waals surface area (Å²) in [7, 11) is -3.51. The molecule has 0 saturated carbocycles. The van der Waals surface area contributed by atoms with E-state index in [4.69, 9.17) is 16.3 Å². The molecule has 0 amide bonds. The van der Waals surface area contributed by atoms with Crippen molar-refractivity contribution < 1.29 is 13.2 Å². The number of rotatable bonds is 4. The summed E-state index contributed by atoms with van der Waals surface area (Å²) in [5.41, 5.74) is 2.17. The lowest BCUT2D eigenvalue weighted by atomic mass is 10.1. The van der Waals surface area contributed by atoms with E-state index in [1.54, 1.807) is 30.3 Å². The summed E-state index contributed by atoms with van der Waals surface area (Å²) in [5.74, 6) is 0.681. The lowest BCUT2D eigenvalue weighted by Crippen LogP contribution is -2.16. The topological polar surface area (TPSA) is 55.4 Å². The molecule has 1 aliphatic rings. The molecule has 0 saturated heterocycles. The molecule has 0 aliphatic carbocycles. The van der Waals surface area contributed by atoms with Gasteiger partial charge in [0.25, 0.3) is 0 Å². The minimum absolute atomic E-state index is 0.153. The molecule has 116 valence electrons. The van der Waals surface area contributed by atoms with Gasteiger partial charge >= 0.3 is 0 Å². The molecule has 0 bridgehead atoms. The van der Waals surface area contributed by atoms with Crippen molar-refractivity contribution in [1.82, 2.24) is 0 Å². The minimum atomic E-state index is -3.51. The first-order chi connectivity index (χ1) is 10.5. The van der Waals surface area contributed by atoms with E-state index in [9.17, 15) is 8.42 Å². The predicted octanol–water partition coefficient (Wildman–Crippen LogP) is 3.61. The Balaban J connectivity index is 1.78. The minimum Gasteiger partial charge on any atom is -0.493 e. The fraction of sp³-hybridized carbons (Fsp3) is 0.250. The van der Waals surface area contributed by atoms with E-state index in [1.807, 2.05) is 12.1 Å². The Morgan fingerprint density at radius 2 is 2.00 bits per heavy atom. The third-order valence-corrected chi connectivity index (χ3v) is 5.09. The van der Waals surface area contributed by atoms with Crippen molar-refractivity contribution in [2.75, 3.05) is 11.3 Å². The van der Waals surface area contributed by atoms with Gasteiger partial charge < -0.3 is 4.74 Å². The summed E-state index contributed by atoms with van der Waals surface area (Å²) in [5, 5.41) is 0.451. The highest BCUT2D eigenvalue weighted by Crippen LogP contribution is 2.28. The number of fused-ring (bicyclic) bond motifs is 1.